The van der Waals surface area contributed by atoms with Gasteiger partial charge < -0.3 is 8.80 Å². The number of hydrogen-bond acceptors (Lipinski definition) is 2. The summed E-state index contributed by atoms with van der Waals surface area (Å²) in [5.41, 5.74) is 11.1. The number of benzene rings is 8. The fourth-order valence-electron chi connectivity index (χ4n) is 8.82. The maximum Gasteiger partial charge on any atom is 0.160 e. The van der Waals surface area contributed by atoms with Crippen molar-refractivity contribution in [2.45, 2.75) is 0 Å². The lowest BCUT2D eigenvalue weighted by atomic mass is 10.0. The van der Waals surface area contributed by atoms with Crippen LogP contribution in [0.3, 0.4) is 0 Å². The second-order valence-corrected chi connectivity index (χ2v) is 13.8. The largest absolute Gasteiger partial charge is 0.307 e. The first-order valence-corrected chi connectivity index (χ1v) is 17.8. The third-order valence-corrected chi connectivity index (χ3v) is 11.0. The van der Waals surface area contributed by atoms with Crippen molar-refractivity contribution in [1.29, 1.82) is 0 Å². The van der Waals surface area contributed by atoms with Crippen LogP contribution in [-0.4, -0.2) is 18.8 Å². The molecule has 0 N–H and O–H groups in total. The van der Waals surface area contributed by atoms with Crippen molar-refractivity contribution in [3.8, 4) is 22.6 Å². The van der Waals surface area contributed by atoms with E-state index in [4.69, 9.17) is 9.97 Å². The van der Waals surface area contributed by atoms with Crippen LogP contribution in [0.25, 0.3) is 110 Å². The SMILES string of the molecule is c1ccc(-c2nc(-c3ccc4c(c3)c3ccccc3n3c5ccccc5c5ccc6c7c8ccccc8ccc7n4c6c53)nc3ccccc23)cc1. The van der Waals surface area contributed by atoms with Crippen molar-refractivity contribution in [2.75, 3.05) is 0 Å². The Morgan fingerprint density at radius 2 is 0.942 bits per heavy atom. The van der Waals surface area contributed by atoms with Gasteiger partial charge in [-0.2, -0.15) is 0 Å². The molecule has 0 aliphatic heterocycles. The van der Waals surface area contributed by atoms with Gasteiger partial charge in [-0.25, -0.2) is 9.97 Å². The predicted octanol–water partition coefficient (Wildman–Crippen LogP) is 12.4. The van der Waals surface area contributed by atoms with Gasteiger partial charge in [-0.15, -0.1) is 0 Å². The van der Waals surface area contributed by atoms with E-state index in [0.29, 0.717) is 5.82 Å². The van der Waals surface area contributed by atoms with E-state index in [1.807, 2.05) is 6.07 Å². The summed E-state index contributed by atoms with van der Waals surface area (Å²) in [6.07, 6.45) is 0. The van der Waals surface area contributed by atoms with E-state index in [0.717, 1.165) is 49.5 Å². The lowest BCUT2D eigenvalue weighted by molar-refractivity contribution is 1.23. The zero-order valence-electron chi connectivity index (χ0n) is 28.0. The molecule has 0 radical (unpaired) electrons. The fourth-order valence-corrected chi connectivity index (χ4v) is 8.82. The highest BCUT2D eigenvalue weighted by Crippen LogP contribution is 2.44. The van der Waals surface area contributed by atoms with Gasteiger partial charge in [0.1, 0.15) is 0 Å². The van der Waals surface area contributed by atoms with Crippen LogP contribution in [-0.2, 0) is 0 Å². The number of nitrogens with zero attached hydrogens (tertiary/aromatic N) is 4. The van der Waals surface area contributed by atoms with E-state index in [1.165, 1.54) is 54.4 Å². The van der Waals surface area contributed by atoms with Gasteiger partial charge in [0.05, 0.1) is 44.3 Å². The third-order valence-electron chi connectivity index (χ3n) is 11.0. The van der Waals surface area contributed by atoms with Crippen LogP contribution >= 0.6 is 0 Å². The molecule has 0 aliphatic carbocycles. The van der Waals surface area contributed by atoms with Crippen LogP contribution in [0.4, 0.5) is 0 Å². The van der Waals surface area contributed by atoms with Crippen LogP contribution in [0.1, 0.15) is 0 Å². The van der Waals surface area contributed by atoms with Crippen LogP contribution < -0.4 is 0 Å². The van der Waals surface area contributed by atoms with E-state index in [2.05, 4.69) is 173 Å². The van der Waals surface area contributed by atoms with Gasteiger partial charge in [-0.05, 0) is 53.2 Å². The topological polar surface area (TPSA) is 34.6 Å². The number of aromatic nitrogens is 4. The van der Waals surface area contributed by atoms with Crippen LogP contribution in [0, 0.1) is 0 Å². The van der Waals surface area contributed by atoms with E-state index in [9.17, 15) is 0 Å². The number of fused-ring (bicyclic) bond motifs is 14. The molecule has 0 atom stereocenters. The summed E-state index contributed by atoms with van der Waals surface area (Å²) in [5.74, 6) is 0.711. The van der Waals surface area contributed by atoms with Gasteiger partial charge in [0, 0.05) is 48.8 Å². The maximum atomic E-state index is 5.28. The summed E-state index contributed by atoms with van der Waals surface area (Å²) < 4.78 is 5.01. The van der Waals surface area contributed by atoms with Crippen molar-refractivity contribution in [2.24, 2.45) is 0 Å². The molecule has 12 aromatic rings. The highest BCUT2D eigenvalue weighted by molar-refractivity contribution is 6.29. The first-order chi connectivity index (χ1) is 25.8. The molecule has 4 aromatic heterocycles. The molecule has 4 nitrogen and oxygen atoms in total. The van der Waals surface area contributed by atoms with Gasteiger partial charge in [-0.1, -0.05) is 127 Å². The first-order valence-electron chi connectivity index (χ1n) is 17.8. The molecule has 0 unspecified atom stereocenters. The number of hydrogen-bond donors (Lipinski definition) is 0. The highest BCUT2D eigenvalue weighted by atomic mass is 15.0. The Balaban J connectivity index is 1.31. The Bertz CT molecular complexity index is 3460. The Kier molecular flexibility index (Phi) is 5.47. The molecule has 0 amide bonds. The van der Waals surface area contributed by atoms with Gasteiger partial charge >= 0.3 is 0 Å². The molecule has 240 valence electrons. The van der Waals surface area contributed by atoms with E-state index in [1.54, 1.807) is 0 Å². The standard InChI is InChI=1S/C48H28N4/c1-2-13-30(14-3-1)45-36-18-6-9-19-39(36)49-48(50-45)31-23-26-42-38(28-31)34-17-8-11-21-41(34)51-40-20-10-7-16-33(40)35-24-25-37-44-32-15-5-4-12-29(32)22-27-43(44)52(42)47(37)46(35)51/h1-28H. The molecular formula is C48H28N4. The van der Waals surface area contributed by atoms with E-state index < -0.39 is 0 Å². The Morgan fingerprint density at radius 1 is 0.346 bits per heavy atom. The highest BCUT2D eigenvalue weighted by Gasteiger charge is 2.22. The quantitative estimate of drug-likeness (QED) is 0.185. The molecular weight excluding hydrogens is 633 g/mol. The Morgan fingerprint density at radius 3 is 1.77 bits per heavy atom. The second-order valence-electron chi connectivity index (χ2n) is 13.8. The minimum Gasteiger partial charge on any atom is -0.307 e. The van der Waals surface area contributed by atoms with E-state index >= 15 is 0 Å². The van der Waals surface area contributed by atoms with Crippen molar-refractivity contribution in [1.82, 2.24) is 18.8 Å². The Hall–Kier alpha value is -7.04. The lowest BCUT2D eigenvalue weighted by Gasteiger charge is -2.13. The van der Waals surface area contributed by atoms with Crippen LogP contribution in [0.5, 0.6) is 0 Å². The smallest absolute Gasteiger partial charge is 0.160 e. The maximum absolute atomic E-state index is 5.28. The van der Waals surface area contributed by atoms with Crippen LogP contribution in [0.15, 0.2) is 170 Å². The summed E-state index contributed by atoms with van der Waals surface area (Å²) in [7, 11) is 0. The van der Waals surface area contributed by atoms with Crippen molar-refractivity contribution in [3.05, 3.63) is 170 Å². The van der Waals surface area contributed by atoms with Gasteiger partial charge in [0.2, 0.25) is 0 Å². The molecule has 0 saturated carbocycles. The molecule has 0 fully saturated rings. The molecule has 0 bridgehead atoms. The molecule has 4 heteroatoms. The molecule has 0 saturated heterocycles. The van der Waals surface area contributed by atoms with Gasteiger partial charge in [0.25, 0.3) is 0 Å². The van der Waals surface area contributed by atoms with E-state index in [-0.39, 0.29) is 0 Å². The molecule has 8 aromatic carbocycles. The average molecular weight is 661 g/mol. The fraction of sp³-hybridized carbons (Fsp3) is 0. The minimum absolute atomic E-state index is 0.711. The predicted molar refractivity (Wildman–Crippen MR) is 217 cm³/mol. The number of rotatable bonds is 2. The Labute approximate surface area is 297 Å². The second kappa shape index (κ2) is 10.3. The van der Waals surface area contributed by atoms with Crippen molar-refractivity contribution in [3.63, 3.8) is 0 Å². The normalized spacial score (nSPS) is 12.2. The van der Waals surface area contributed by atoms with Crippen molar-refractivity contribution < 1.29 is 0 Å². The lowest BCUT2D eigenvalue weighted by Crippen LogP contribution is -1.97. The third kappa shape index (κ3) is 3.65. The summed E-state index contributed by atoms with van der Waals surface area (Å²) >= 11 is 0. The monoisotopic (exact) mass is 660 g/mol. The zero-order chi connectivity index (χ0) is 33.9. The molecule has 12 rings (SSSR count). The first kappa shape index (κ1) is 27.7. The number of para-hydroxylation sites is 3. The minimum atomic E-state index is 0.711. The van der Waals surface area contributed by atoms with Gasteiger partial charge in [-0.3, -0.25) is 0 Å². The molecule has 4 heterocycles. The molecule has 52 heavy (non-hydrogen) atoms. The summed E-state index contributed by atoms with van der Waals surface area (Å²) in [4.78, 5) is 10.4. The summed E-state index contributed by atoms with van der Waals surface area (Å²) in [6, 6.07) is 61.2. The zero-order valence-corrected chi connectivity index (χ0v) is 28.0. The molecule has 0 aliphatic rings. The average Bonchev–Trinajstić information content (AvgIpc) is 3.73. The van der Waals surface area contributed by atoms with Crippen LogP contribution in [0.2, 0.25) is 0 Å². The molecule has 0 spiro atoms. The van der Waals surface area contributed by atoms with Gasteiger partial charge in [0.15, 0.2) is 5.82 Å². The van der Waals surface area contributed by atoms with Crippen molar-refractivity contribution >= 4 is 87.1 Å². The summed E-state index contributed by atoms with van der Waals surface area (Å²) in [6.45, 7) is 0. The summed E-state index contributed by atoms with van der Waals surface area (Å²) in [5, 5.41) is 10.9.